The van der Waals surface area contributed by atoms with Gasteiger partial charge in [-0.15, -0.1) is 0 Å². The van der Waals surface area contributed by atoms with Crippen LogP contribution in [0.1, 0.15) is 12.6 Å². The SMILES string of the molecule is CCOc1ccccc1-c1cc(C#N)nn1-c1ccccc1. The highest BCUT2D eigenvalue weighted by Gasteiger charge is 2.15. The van der Waals surface area contributed by atoms with Crippen molar-refractivity contribution in [1.29, 1.82) is 5.26 Å². The maximum Gasteiger partial charge on any atom is 0.163 e. The average Bonchev–Trinajstić information content (AvgIpc) is 3.01. The Morgan fingerprint density at radius 3 is 2.55 bits per heavy atom. The number of aromatic nitrogens is 2. The fourth-order valence-corrected chi connectivity index (χ4v) is 2.35. The second-order valence-corrected chi connectivity index (χ2v) is 4.70. The first kappa shape index (κ1) is 13.9. The fourth-order valence-electron chi connectivity index (χ4n) is 2.35. The molecular weight excluding hydrogens is 274 g/mol. The molecule has 3 aromatic rings. The minimum Gasteiger partial charge on any atom is -0.493 e. The number of nitrogens with zero attached hydrogens (tertiary/aromatic N) is 3. The van der Waals surface area contributed by atoms with Crippen molar-refractivity contribution >= 4 is 0 Å². The van der Waals surface area contributed by atoms with E-state index in [1.54, 1.807) is 10.7 Å². The lowest BCUT2D eigenvalue weighted by Crippen LogP contribution is -2.01. The maximum atomic E-state index is 9.18. The highest BCUT2D eigenvalue weighted by atomic mass is 16.5. The molecule has 0 saturated carbocycles. The van der Waals surface area contributed by atoms with Crippen LogP contribution in [0.4, 0.5) is 0 Å². The normalized spacial score (nSPS) is 10.2. The summed E-state index contributed by atoms with van der Waals surface area (Å²) in [7, 11) is 0. The third kappa shape index (κ3) is 2.57. The summed E-state index contributed by atoms with van der Waals surface area (Å²) in [5.74, 6) is 0.784. The summed E-state index contributed by atoms with van der Waals surface area (Å²) in [5.41, 5.74) is 3.05. The molecule has 4 nitrogen and oxygen atoms in total. The van der Waals surface area contributed by atoms with E-state index in [-0.39, 0.29) is 0 Å². The second-order valence-electron chi connectivity index (χ2n) is 4.70. The molecule has 0 bridgehead atoms. The molecule has 0 fully saturated rings. The second kappa shape index (κ2) is 6.15. The lowest BCUT2D eigenvalue weighted by Gasteiger charge is -2.12. The van der Waals surface area contributed by atoms with Crippen LogP contribution in [-0.2, 0) is 0 Å². The molecule has 0 N–H and O–H groups in total. The van der Waals surface area contributed by atoms with Gasteiger partial charge in [-0.3, -0.25) is 0 Å². The molecule has 1 heterocycles. The van der Waals surface area contributed by atoms with Gasteiger partial charge in [0.05, 0.1) is 18.0 Å². The van der Waals surface area contributed by atoms with E-state index in [4.69, 9.17) is 4.74 Å². The van der Waals surface area contributed by atoms with Gasteiger partial charge in [0.2, 0.25) is 0 Å². The summed E-state index contributed by atoms with van der Waals surface area (Å²) in [6, 6.07) is 21.4. The summed E-state index contributed by atoms with van der Waals surface area (Å²) < 4.78 is 7.48. The van der Waals surface area contributed by atoms with Crippen LogP contribution in [0.15, 0.2) is 60.7 Å². The Morgan fingerprint density at radius 2 is 1.82 bits per heavy atom. The van der Waals surface area contributed by atoms with E-state index < -0.39 is 0 Å². The standard InChI is InChI=1S/C18H15N3O/c1-2-22-18-11-7-6-10-16(18)17-12-14(13-19)20-21(17)15-8-4-3-5-9-15/h3-12H,2H2,1H3. The van der Waals surface area contributed by atoms with Crippen molar-refractivity contribution in [2.24, 2.45) is 0 Å². The smallest absolute Gasteiger partial charge is 0.163 e. The maximum absolute atomic E-state index is 9.18. The third-order valence-corrected chi connectivity index (χ3v) is 3.29. The van der Waals surface area contributed by atoms with Gasteiger partial charge in [-0.1, -0.05) is 30.3 Å². The number of para-hydroxylation sites is 2. The van der Waals surface area contributed by atoms with Gasteiger partial charge in [0, 0.05) is 11.6 Å². The molecule has 0 spiro atoms. The fraction of sp³-hybridized carbons (Fsp3) is 0.111. The van der Waals surface area contributed by atoms with Crippen molar-refractivity contribution in [2.75, 3.05) is 6.61 Å². The summed E-state index contributed by atoms with van der Waals surface area (Å²) in [4.78, 5) is 0. The predicted octanol–water partition coefficient (Wildman–Crippen LogP) is 3.81. The zero-order valence-corrected chi connectivity index (χ0v) is 12.2. The number of nitriles is 1. The van der Waals surface area contributed by atoms with Gasteiger partial charge in [-0.2, -0.15) is 10.4 Å². The first-order valence-electron chi connectivity index (χ1n) is 7.11. The lowest BCUT2D eigenvalue weighted by atomic mass is 10.1. The first-order chi connectivity index (χ1) is 10.8. The highest BCUT2D eigenvalue weighted by molar-refractivity contribution is 5.70. The number of hydrogen-bond acceptors (Lipinski definition) is 3. The molecule has 0 aliphatic rings. The Labute approximate surface area is 129 Å². The summed E-state index contributed by atoms with van der Waals surface area (Å²) in [6.07, 6.45) is 0. The van der Waals surface area contributed by atoms with Crippen molar-refractivity contribution in [2.45, 2.75) is 6.92 Å². The van der Waals surface area contributed by atoms with Gasteiger partial charge in [-0.25, -0.2) is 4.68 Å². The monoisotopic (exact) mass is 289 g/mol. The molecule has 0 aliphatic carbocycles. The molecule has 2 aromatic carbocycles. The third-order valence-electron chi connectivity index (χ3n) is 3.29. The molecule has 0 atom stereocenters. The van der Waals surface area contributed by atoms with Gasteiger partial charge in [-0.05, 0) is 31.2 Å². The number of hydrogen-bond donors (Lipinski definition) is 0. The molecule has 0 amide bonds. The number of benzene rings is 2. The molecular formula is C18H15N3O. The van der Waals surface area contributed by atoms with Crippen LogP contribution in [-0.4, -0.2) is 16.4 Å². The molecule has 0 unspecified atom stereocenters. The van der Waals surface area contributed by atoms with Crippen LogP contribution < -0.4 is 4.74 Å². The van der Waals surface area contributed by atoms with Crippen LogP contribution >= 0.6 is 0 Å². The average molecular weight is 289 g/mol. The molecule has 0 radical (unpaired) electrons. The van der Waals surface area contributed by atoms with Gasteiger partial charge < -0.3 is 4.74 Å². The first-order valence-corrected chi connectivity index (χ1v) is 7.11. The quantitative estimate of drug-likeness (QED) is 0.734. The molecule has 3 rings (SSSR count). The van der Waals surface area contributed by atoms with E-state index >= 15 is 0 Å². The van der Waals surface area contributed by atoms with Crippen molar-refractivity contribution in [3.05, 3.63) is 66.4 Å². The summed E-state index contributed by atoms with van der Waals surface area (Å²) in [5, 5.41) is 13.6. The van der Waals surface area contributed by atoms with Crippen LogP contribution in [0, 0.1) is 11.3 Å². The van der Waals surface area contributed by atoms with E-state index in [1.165, 1.54) is 0 Å². The molecule has 0 aliphatic heterocycles. The van der Waals surface area contributed by atoms with E-state index in [0.717, 1.165) is 22.7 Å². The zero-order valence-electron chi connectivity index (χ0n) is 12.2. The molecule has 0 saturated heterocycles. The molecule has 1 aromatic heterocycles. The summed E-state index contributed by atoms with van der Waals surface area (Å²) >= 11 is 0. The van der Waals surface area contributed by atoms with Crippen molar-refractivity contribution < 1.29 is 4.74 Å². The van der Waals surface area contributed by atoms with Crippen LogP contribution in [0.3, 0.4) is 0 Å². The molecule has 22 heavy (non-hydrogen) atoms. The topological polar surface area (TPSA) is 50.8 Å². The van der Waals surface area contributed by atoms with E-state index in [9.17, 15) is 5.26 Å². The minimum absolute atomic E-state index is 0.380. The largest absolute Gasteiger partial charge is 0.493 e. The van der Waals surface area contributed by atoms with Crippen molar-refractivity contribution in [3.63, 3.8) is 0 Å². The van der Waals surface area contributed by atoms with E-state index in [2.05, 4.69) is 11.2 Å². The van der Waals surface area contributed by atoms with Crippen molar-refractivity contribution in [1.82, 2.24) is 9.78 Å². The Bertz CT molecular complexity index is 816. The Kier molecular flexibility index (Phi) is 3.88. The molecule has 4 heteroatoms. The summed E-state index contributed by atoms with van der Waals surface area (Å²) in [6.45, 7) is 2.54. The van der Waals surface area contributed by atoms with Gasteiger partial charge in [0.1, 0.15) is 11.8 Å². The lowest BCUT2D eigenvalue weighted by molar-refractivity contribution is 0.341. The van der Waals surface area contributed by atoms with Crippen LogP contribution in [0.25, 0.3) is 16.9 Å². The highest BCUT2D eigenvalue weighted by Crippen LogP contribution is 2.31. The van der Waals surface area contributed by atoms with E-state index in [0.29, 0.717) is 12.3 Å². The minimum atomic E-state index is 0.380. The van der Waals surface area contributed by atoms with Gasteiger partial charge >= 0.3 is 0 Å². The van der Waals surface area contributed by atoms with Gasteiger partial charge in [0.15, 0.2) is 5.69 Å². The zero-order chi connectivity index (χ0) is 15.4. The van der Waals surface area contributed by atoms with Gasteiger partial charge in [0.25, 0.3) is 0 Å². The predicted molar refractivity (Wildman–Crippen MR) is 84.9 cm³/mol. The van der Waals surface area contributed by atoms with Crippen LogP contribution in [0.5, 0.6) is 5.75 Å². The van der Waals surface area contributed by atoms with Crippen molar-refractivity contribution in [3.8, 4) is 28.8 Å². The Balaban J connectivity index is 2.20. The Hall–Kier alpha value is -3.06. The molecule has 108 valence electrons. The van der Waals surface area contributed by atoms with E-state index in [1.807, 2.05) is 61.5 Å². The number of rotatable bonds is 4. The Morgan fingerprint density at radius 1 is 1.09 bits per heavy atom. The van der Waals surface area contributed by atoms with Crippen LogP contribution in [0.2, 0.25) is 0 Å². The number of ether oxygens (including phenoxy) is 1.